The smallest absolute Gasteiger partial charge is 0.338 e. The molecule has 1 heterocycles. The van der Waals surface area contributed by atoms with Crippen LogP contribution in [0.25, 0.3) is 0 Å². The number of nitrogens with two attached hydrogens (primary N) is 1. The van der Waals surface area contributed by atoms with Crippen LogP contribution in [0.15, 0.2) is 48.5 Å². The molecule has 0 aliphatic carbocycles. The highest BCUT2D eigenvalue weighted by molar-refractivity contribution is 5.89. The second kappa shape index (κ2) is 10.2. The van der Waals surface area contributed by atoms with Crippen molar-refractivity contribution in [3.63, 3.8) is 0 Å². The van der Waals surface area contributed by atoms with E-state index in [1.165, 1.54) is 0 Å². The first-order valence-corrected chi connectivity index (χ1v) is 9.33. The van der Waals surface area contributed by atoms with Gasteiger partial charge in [0.15, 0.2) is 12.4 Å². The predicted molar refractivity (Wildman–Crippen MR) is 111 cm³/mol. The number of carbonyl (C=O) groups is 1. The molecule has 0 fully saturated rings. The zero-order valence-electron chi connectivity index (χ0n) is 16.8. The van der Waals surface area contributed by atoms with Gasteiger partial charge in [0.1, 0.15) is 5.75 Å². The van der Waals surface area contributed by atoms with E-state index < -0.39 is 5.97 Å². The Morgan fingerprint density at radius 1 is 1.07 bits per heavy atom. The van der Waals surface area contributed by atoms with Gasteiger partial charge in [0.05, 0.1) is 19.3 Å². The van der Waals surface area contributed by atoms with Gasteiger partial charge >= 0.3 is 5.97 Å². The minimum Gasteiger partial charge on any atom is -0.496 e. The molecule has 156 valence electrons. The molecule has 0 saturated heterocycles. The number of nitrogens with one attached hydrogen (secondary N) is 1. The first-order chi connectivity index (χ1) is 14.6. The Hall–Kier alpha value is -3.72. The van der Waals surface area contributed by atoms with Gasteiger partial charge in [-0.25, -0.2) is 4.79 Å². The molecule has 3 N–H and O–H groups in total. The van der Waals surface area contributed by atoms with E-state index in [4.69, 9.17) is 19.9 Å². The largest absolute Gasteiger partial charge is 0.496 e. The second-order valence-electron chi connectivity index (χ2n) is 6.16. The van der Waals surface area contributed by atoms with Gasteiger partial charge in [-0.3, -0.25) is 0 Å². The fraction of sp³-hybridized carbons (Fsp3) is 0.238. The maximum absolute atomic E-state index is 12.5. The molecule has 30 heavy (non-hydrogen) atoms. The van der Waals surface area contributed by atoms with Gasteiger partial charge in [-0.1, -0.05) is 18.2 Å². The minimum absolute atomic E-state index is 0.0259. The van der Waals surface area contributed by atoms with Gasteiger partial charge in [-0.15, -0.1) is 0 Å². The van der Waals surface area contributed by atoms with Crippen molar-refractivity contribution in [2.75, 3.05) is 24.8 Å². The summed E-state index contributed by atoms with van der Waals surface area (Å²) < 4.78 is 16.1. The molecule has 0 atom stereocenters. The van der Waals surface area contributed by atoms with E-state index in [1.54, 1.807) is 25.3 Å². The number of carbonyl (C=O) groups excluding carboxylic acids is 1. The maximum atomic E-state index is 12.5. The molecule has 0 unspecified atom stereocenters. The van der Waals surface area contributed by atoms with Gasteiger partial charge in [0.25, 0.3) is 0 Å². The number of ether oxygens (including phenoxy) is 3. The van der Waals surface area contributed by atoms with Crippen LogP contribution in [0.1, 0.15) is 28.7 Å². The highest BCUT2D eigenvalue weighted by Crippen LogP contribution is 2.21. The fourth-order valence-corrected chi connectivity index (χ4v) is 2.65. The Morgan fingerprint density at radius 3 is 2.60 bits per heavy atom. The number of hydrogen-bond donors (Lipinski definition) is 2. The topological polar surface area (TPSA) is 121 Å². The number of esters is 1. The molecule has 1 aromatic heterocycles. The van der Waals surface area contributed by atoms with Crippen molar-refractivity contribution < 1.29 is 19.0 Å². The summed E-state index contributed by atoms with van der Waals surface area (Å²) in [6, 6.07) is 14.4. The van der Waals surface area contributed by atoms with Crippen LogP contribution in [0, 0.1) is 0 Å². The normalized spacial score (nSPS) is 10.5. The van der Waals surface area contributed by atoms with Gasteiger partial charge in [0, 0.05) is 17.9 Å². The van der Waals surface area contributed by atoms with Crippen LogP contribution in [0.5, 0.6) is 5.75 Å². The molecular weight excluding hydrogens is 386 g/mol. The molecule has 0 radical (unpaired) electrons. The zero-order valence-corrected chi connectivity index (χ0v) is 16.8. The molecule has 3 aromatic rings. The standard InChI is InChI=1S/C21H23N5O4/c1-3-29-12-15-11-14(9-10-17(15)28-2)19(27)30-13-18-24-20(22)26-21(25-18)23-16-7-5-4-6-8-16/h4-11H,3,12-13H2,1-2H3,(H3,22,23,24,25,26). The Balaban J connectivity index is 1.68. The number of nitrogens with zero attached hydrogens (tertiary/aromatic N) is 3. The third-order valence-electron chi connectivity index (χ3n) is 4.04. The number of hydrogen-bond acceptors (Lipinski definition) is 9. The molecule has 0 amide bonds. The van der Waals surface area contributed by atoms with Crippen LogP contribution in [-0.2, 0) is 22.7 Å². The van der Waals surface area contributed by atoms with E-state index in [-0.39, 0.29) is 24.3 Å². The number of para-hydroxylation sites is 1. The van der Waals surface area contributed by atoms with Crippen molar-refractivity contribution in [3.05, 3.63) is 65.5 Å². The lowest BCUT2D eigenvalue weighted by molar-refractivity contribution is 0.0461. The molecule has 9 nitrogen and oxygen atoms in total. The van der Waals surface area contributed by atoms with E-state index in [0.29, 0.717) is 24.5 Å². The predicted octanol–water partition coefficient (Wildman–Crippen LogP) is 3.10. The van der Waals surface area contributed by atoms with Gasteiger partial charge in [-0.05, 0) is 37.3 Å². The zero-order chi connectivity index (χ0) is 21.3. The summed E-state index contributed by atoms with van der Waals surface area (Å²) in [5.74, 6) is 0.646. The lowest BCUT2D eigenvalue weighted by Crippen LogP contribution is -2.11. The summed E-state index contributed by atoms with van der Waals surface area (Å²) in [5, 5.41) is 3.03. The number of methoxy groups -OCH3 is 1. The van der Waals surface area contributed by atoms with Crippen molar-refractivity contribution in [2.24, 2.45) is 0 Å². The van der Waals surface area contributed by atoms with Crippen LogP contribution in [-0.4, -0.2) is 34.6 Å². The Labute approximate surface area is 174 Å². The van der Waals surface area contributed by atoms with Crippen LogP contribution in [0.3, 0.4) is 0 Å². The number of anilines is 3. The summed E-state index contributed by atoms with van der Waals surface area (Å²) in [6.45, 7) is 2.63. The Kier molecular flexibility index (Phi) is 7.12. The van der Waals surface area contributed by atoms with Gasteiger partial charge in [0.2, 0.25) is 11.9 Å². The van der Waals surface area contributed by atoms with E-state index >= 15 is 0 Å². The molecule has 2 aromatic carbocycles. The first-order valence-electron chi connectivity index (χ1n) is 9.33. The van der Waals surface area contributed by atoms with Crippen molar-refractivity contribution >= 4 is 23.6 Å². The number of rotatable bonds is 9. The van der Waals surface area contributed by atoms with Crippen molar-refractivity contribution in [1.29, 1.82) is 0 Å². The molecular formula is C21H23N5O4. The lowest BCUT2D eigenvalue weighted by Gasteiger charge is -2.11. The van der Waals surface area contributed by atoms with Crippen molar-refractivity contribution in [1.82, 2.24) is 15.0 Å². The molecule has 9 heteroatoms. The summed E-state index contributed by atoms with van der Waals surface area (Å²) in [5.41, 5.74) is 7.68. The van der Waals surface area contributed by atoms with E-state index in [9.17, 15) is 4.79 Å². The molecule has 0 spiro atoms. The number of aromatic nitrogens is 3. The highest BCUT2D eigenvalue weighted by atomic mass is 16.5. The van der Waals surface area contributed by atoms with Crippen LogP contribution >= 0.6 is 0 Å². The monoisotopic (exact) mass is 409 g/mol. The summed E-state index contributed by atoms with van der Waals surface area (Å²) in [4.78, 5) is 24.8. The van der Waals surface area contributed by atoms with Crippen molar-refractivity contribution in [2.45, 2.75) is 20.1 Å². The minimum atomic E-state index is -0.521. The molecule has 0 bridgehead atoms. The average molecular weight is 409 g/mol. The fourth-order valence-electron chi connectivity index (χ4n) is 2.65. The summed E-state index contributed by atoms with van der Waals surface area (Å²) in [6.07, 6.45) is 0. The maximum Gasteiger partial charge on any atom is 0.338 e. The molecule has 0 aliphatic rings. The first kappa shape index (κ1) is 21.0. The van der Waals surface area contributed by atoms with Gasteiger partial charge < -0.3 is 25.3 Å². The summed E-state index contributed by atoms with van der Waals surface area (Å²) >= 11 is 0. The second-order valence-corrected chi connectivity index (χ2v) is 6.16. The van der Waals surface area contributed by atoms with Crippen molar-refractivity contribution in [3.8, 4) is 5.75 Å². The quantitative estimate of drug-likeness (QED) is 0.513. The number of nitrogen functional groups attached to an aromatic ring is 1. The van der Waals surface area contributed by atoms with Crippen LogP contribution < -0.4 is 15.8 Å². The molecule has 0 aliphatic heterocycles. The number of benzene rings is 2. The molecule has 3 rings (SSSR count). The van der Waals surface area contributed by atoms with E-state index in [2.05, 4.69) is 20.3 Å². The SMILES string of the molecule is CCOCc1cc(C(=O)OCc2nc(N)nc(Nc3ccccc3)n2)ccc1OC. The van der Waals surface area contributed by atoms with E-state index in [0.717, 1.165) is 11.3 Å². The lowest BCUT2D eigenvalue weighted by atomic mass is 10.1. The Morgan fingerprint density at radius 2 is 1.87 bits per heavy atom. The molecule has 0 saturated carbocycles. The summed E-state index contributed by atoms with van der Waals surface area (Å²) in [7, 11) is 1.56. The highest BCUT2D eigenvalue weighted by Gasteiger charge is 2.13. The third-order valence-corrected chi connectivity index (χ3v) is 4.04. The Bertz CT molecular complexity index is 998. The van der Waals surface area contributed by atoms with Gasteiger partial charge in [-0.2, -0.15) is 15.0 Å². The van der Waals surface area contributed by atoms with E-state index in [1.807, 2.05) is 37.3 Å². The third kappa shape index (κ3) is 5.65. The average Bonchev–Trinajstić information content (AvgIpc) is 2.76. The van der Waals surface area contributed by atoms with Crippen LogP contribution in [0.2, 0.25) is 0 Å². The van der Waals surface area contributed by atoms with Crippen LogP contribution in [0.4, 0.5) is 17.6 Å².